The van der Waals surface area contributed by atoms with Crippen molar-refractivity contribution in [1.82, 2.24) is 4.98 Å². The first-order chi connectivity index (χ1) is 7.12. The number of benzene rings is 1. The number of aromatic amines is 1. The van der Waals surface area contributed by atoms with E-state index in [1.807, 2.05) is 6.20 Å². The summed E-state index contributed by atoms with van der Waals surface area (Å²) in [4.78, 5) is 3.32. The van der Waals surface area contributed by atoms with Crippen molar-refractivity contribution in [3.8, 4) is 0 Å². The van der Waals surface area contributed by atoms with Crippen LogP contribution in [-0.2, 0) is 6.42 Å². The standard InChI is InChI=1S/C13H16BrN/c1-13(2,9-14)8-11-5-3-4-10-6-7-15-12(10)11/h3-7,15H,8-9H2,1-2H3. The van der Waals surface area contributed by atoms with Gasteiger partial charge in [-0.15, -0.1) is 0 Å². The van der Waals surface area contributed by atoms with Gasteiger partial charge >= 0.3 is 0 Å². The topological polar surface area (TPSA) is 15.8 Å². The first-order valence-corrected chi connectivity index (χ1v) is 6.35. The number of alkyl halides is 1. The summed E-state index contributed by atoms with van der Waals surface area (Å²) in [5, 5.41) is 2.33. The van der Waals surface area contributed by atoms with Crippen LogP contribution < -0.4 is 0 Å². The molecule has 1 aromatic heterocycles. The van der Waals surface area contributed by atoms with E-state index in [9.17, 15) is 0 Å². The minimum atomic E-state index is 0.305. The molecular weight excluding hydrogens is 250 g/mol. The molecule has 0 saturated carbocycles. The maximum Gasteiger partial charge on any atom is 0.0486 e. The average molecular weight is 266 g/mol. The first kappa shape index (κ1) is 10.7. The average Bonchev–Trinajstić information content (AvgIpc) is 2.66. The molecule has 15 heavy (non-hydrogen) atoms. The number of hydrogen-bond acceptors (Lipinski definition) is 0. The quantitative estimate of drug-likeness (QED) is 0.804. The van der Waals surface area contributed by atoms with Crippen molar-refractivity contribution >= 4 is 26.8 Å². The number of nitrogens with one attached hydrogen (secondary N) is 1. The Balaban J connectivity index is 2.39. The molecule has 1 heterocycles. The number of H-pyrrole nitrogens is 1. The highest BCUT2D eigenvalue weighted by Gasteiger charge is 2.18. The van der Waals surface area contributed by atoms with Crippen molar-refractivity contribution < 1.29 is 0 Å². The van der Waals surface area contributed by atoms with E-state index in [1.54, 1.807) is 0 Å². The normalized spacial score (nSPS) is 12.2. The lowest BCUT2D eigenvalue weighted by molar-refractivity contribution is 0.426. The molecule has 0 radical (unpaired) electrons. The van der Waals surface area contributed by atoms with Crippen LogP contribution in [0.3, 0.4) is 0 Å². The molecule has 0 atom stereocenters. The Morgan fingerprint density at radius 3 is 2.80 bits per heavy atom. The smallest absolute Gasteiger partial charge is 0.0486 e. The second kappa shape index (κ2) is 4.01. The molecule has 0 aliphatic heterocycles. The van der Waals surface area contributed by atoms with Crippen LogP contribution in [0.25, 0.3) is 10.9 Å². The van der Waals surface area contributed by atoms with Crippen LogP contribution in [-0.4, -0.2) is 10.3 Å². The molecule has 0 spiro atoms. The molecule has 2 aromatic rings. The SMILES string of the molecule is CC(C)(CBr)Cc1cccc2cc[nH]c12. The van der Waals surface area contributed by atoms with Gasteiger partial charge in [0.25, 0.3) is 0 Å². The van der Waals surface area contributed by atoms with Gasteiger partial charge in [-0.1, -0.05) is 48.0 Å². The fraction of sp³-hybridized carbons (Fsp3) is 0.385. The third-order valence-corrected chi connectivity index (χ3v) is 4.22. The lowest BCUT2D eigenvalue weighted by Gasteiger charge is -2.21. The Bertz CT molecular complexity index is 456. The van der Waals surface area contributed by atoms with E-state index in [4.69, 9.17) is 0 Å². The lowest BCUT2D eigenvalue weighted by atomic mass is 9.87. The van der Waals surface area contributed by atoms with Crippen molar-refractivity contribution in [2.45, 2.75) is 20.3 Å². The van der Waals surface area contributed by atoms with Crippen LogP contribution in [0.4, 0.5) is 0 Å². The molecule has 0 bridgehead atoms. The number of fused-ring (bicyclic) bond motifs is 1. The molecule has 0 aliphatic rings. The van der Waals surface area contributed by atoms with E-state index >= 15 is 0 Å². The van der Waals surface area contributed by atoms with E-state index in [1.165, 1.54) is 16.5 Å². The molecule has 0 aliphatic carbocycles. The molecule has 80 valence electrons. The third kappa shape index (κ3) is 2.25. The monoisotopic (exact) mass is 265 g/mol. The molecule has 2 rings (SSSR count). The zero-order chi connectivity index (χ0) is 10.9. The summed E-state index contributed by atoms with van der Waals surface area (Å²) in [5.74, 6) is 0. The highest BCUT2D eigenvalue weighted by molar-refractivity contribution is 9.09. The van der Waals surface area contributed by atoms with Crippen molar-refractivity contribution in [3.05, 3.63) is 36.0 Å². The van der Waals surface area contributed by atoms with Crippen LogP contribution in [0.5, 0.6) is 0 Å². The highest BCUT2D eigenvalue weighted by Crippen LogP contribution is 2.27. The van der Waals surface area contributed by atoms with Gasteiger partial charge in [-0.25, -0.2) is 0 Å². The first-order valence-electron chi connectivity index (χ1n) is 5.23. The summed E-state index contributed by atoms with van der Waals surface area (Å²) >= 11 is 3.57. The largest absolute Gasteiger partial charge is 0.361 e. The Labute approximate surface area is 99.0 Å². The molecule has 1 nitrogen and oxygen atoms in total. The van der Waals surface area contributed by atoms with Gasteiger partial charge < -0.3 is 4.98 Å². The molecule has 2 heteroatoms. The molecule has 0 unspecified atom stereocenters. The van der Waals surface area contributed by atoms with E-state index in [2.05, 4.69) is 59.0 Å². The fourth-order valence-corrected chi connectivity index (χ4v) is 2.06. The predicted molar refractivity (Wildman–Crippen MR) is 69.6 cm³/mol. The number of aromatic nitrogens is 1. The predicted octanol–water partition coefficient (Wildman–Crippen LogP) is 4.13. The second-order valence-corrected chi connectivity index (χ2v) is 5.39. The van der Waals surface area contributed by atoms with Crippen LogP contribution in [0.1, 0.15) is 19.4 Å². The summed E-state index contributed by atoms with van der Waals surface area (Å²) < 4.78 is 0. The Morgan fingerprint density at radius 2 is 2.07 bits per heavy atom. The Hall–Kier alpha value is -0.760. The Morgan fingerprint density at radius 1 is 1.27 bits per heavy atom. The van der Waals surface area contributed by atoms with Crippen molar-refractivity contribution in [2.75, 3.05) is 5.33 Å². The fourth-order valence-electron chi connectivity index (χ4n) is 1.86. The molecule has 1 aromatic carbocycles. The molecular formula is C13H16BrN. The second-order valence-electron chi connectivity index (χ2n) is 4.83. The molecule has 0 fully saturated rings. The minimum Gasteiger partial charge on any atom is -0.361 e. The van der Waals surface area contributed by atoms with Crippen LogP contribution in [0.2, 0.25) is 0 Å². The zero-order valence-electron chi connectivity index (χ0n) is 9.18. The van der Waals surface area contributed by atoms with Gasteiger partial charge in [0, 0.05) is 17.0 Å². The summed E-state index contributed by atoms with van der Waals surface area (Å²) in [7, 11) is 0. The van der Waals surface area contributed by atoms with Gasteiger partial charge in [0.1, 0.15) is 0 Å². The summed E-state index contributed by atoms with van der Waals surface area (Å²) in [6.45, 7) is 4.56. The molecule has 1 N–H and O–H groups in total. The van der Waals surface area contributed by atoms with Crippen LogP contribution >= 0.6 is 15.9 Å². The Kier molecular flexibility index (Phi) is 2.87. The van der Waals surface area contributed by atoms with Crippen molar-refractivity contribution in [3.63, 3.8) is 0 Å². The van der Waals surface area contributed by atoms with Gasteiger partial charge in [0.2, 0.25) is 0 Å². The van der Waals surface area contributed by atoms with Gasteiger partial charge in [0.05, 0.1) is 0 Å². The molecule has 0 saturated heterocycles. The van der Waals surface area contributed by atoms with Gasteiger partial charge in [-0.3, -0.25) is 0 Å². The van der Waals surface area contributed by atoms with E-state index in [0.717, 1.165) is 11.8 Å². The van der Waals surface area contributed by atoms with Crippen LogP contribution in [0.15, 0.2) is 30.5 Å². The maximum atomic E-state index is 3.57. The van der Waals surface area contributed by atoms with E-state index in [0.29, 0.717) is 5.41 Å². The highest BCUT2D eigenvalue weighted by atomic mass is 79.9. The van der Waals surface area contributed by atoms with E-state index < -0.39 is 0 Å². The van der Waals surface area contributed by atoms with Crippen molar-refractivity contribution in [2.24, 2.45) is 5.41 Å². The summed E-state index contributed by atoms with van der Waals surface area (Å²) in [6.07, 6.45) is 3.10. The lowest BCUT2D eigenvalue weighted by Crippen LogP contribution is -2.16. The van der Waals surface area contributed by atoms with Gasteiger partial charge in [-0.2, -0.15) is 0 Å². The molecule has 0 amide bonds. The zero-order valence-corrected chi connectivity index (χ0v) is 10.8. The van der Waals surface area contributed by atoms with Crippen molar-refractivity contribution in [1.29, 1.82) is 0 Å². The number of rotatable bonds is 3. The number of para-hydroxylation sites is 1. The van der Waals surface area contributed by atoms with Gasteiger partial charge in [0.15, 0.2) is 0 Å². The van der Waals surface area contributed by atoms with Gasteiger partial charge in [-0.05, 0) is 28.9 Å². The van der Waals surface area contributed by atoms with Crippen LogP contribution in [0, 0.1) is 5.41 Å². The summed E-state index contributed by atoms with van der Waals surface area (Å²) in [6, 6.07) is 8.62. The van der Waals surface area contributed by atoms with E-state index in [-0.39, 0.29) is 0 Å². The third-order valence-electron chi connectivity index (χ3n) is 2.70. The summed E-state index contributed by atoms with van der Waals surface area (Å²) in [5.41, 5.74) is 2.99. The number of hydrogen-bond donors (Lipinski definition) is 1. The number of halogens is 1. The maximum absolute atomic E-state index is 3.57. The minimum absolute atomic E-state index is 0.305.